The normalized spacial score (nSPS) is 12.2. The Balaban J connectivity index is 0.000000241. The first-order valence-corrected chi connectivity index (χ1v) is 20.9. The van der Waals surface area contributed by atoms with Gasteiger partial charge in [-0.3, -0.25) is 0 Å². The predicted molar refractivity (Wildman–Crippen MR) is 211 cm³/mol. The van der Waals surface area contributed by atoms with Crippen LogP contribution >= 0.6 is 11.3 Å². The molecule has 3 heterocycles. The zero-order chi connectivity index (χ0) is 35.0. The van der Waals surface area contributed by atoms with Crippen molar-refractivity contribution in [2.24, 2.45) is 0 Å². The molecule has 0 aliphatic heterocycles. The first kappa shape index (κ1) is 35.1. The summed E-state index contributed by atoms with van der Waals surface area (Å²) in [5, 5.41) is 3.93. The third kappa shape index (κ3) is 8.19. The van der Waals surface area contributed by atoms with Crippen molar-refractivity contribution in [3.05, 3.63) is 139 Å². The number of benzene rings is 4. The maximum absolute atomic E-state index is 8.48. The smallest absolute Gasteiger partial charge is 0.0795 e. The Kier molecular flexibility index (Phi) is 10.8. The number of hydrogen-bond acceptors (Lipinski definition) is 3. The Morgan fingerprint density at radius 2 is 1.57 bits per heavy atom. The molecule has 0 amide bonds. The van der Waals surface area contributed by atoms with E-state index in [9.17, 15) is 0 Å². The van der Waals surface area contributed by atoms with Crippen molar-refractivity contribution < 1.29 is 21.5 Å². The maximum atomic E-state index is 8.48. The Bertz CT molecular complexity index is 2210. The molecule has 251 valence electrons. The molecule has 0 saturated heterocycles. The third-order valence-corrected chi connectivity index (χ3v) is 11.9. The molecule has 2 nitrogen and oxygen atoms in total. The topological polar surface area (TPSA) is 25.8 Å². The van der Waals surface area contributed by atoms with Gasteiger partial charge in [-0.1, -0.05) is 137 Å². The van der Waals surface area contributed by atoms with Crippen LogP contribution in [0.25, 0.3) is 53.8 Å². The largest absolute Gasteiger partial charge is 0.305 e. The van der Waals surface area contributed by atoms with E-state index in [-0.39, 0.29) is 25.5 Å². The van der Waals surface area contributed by atoms with Gasteiger partial charge in [-0.25, -0.2) is 0 Å². The Hall–Kier alpha value is -3.73. The molecule has 0 fully saturated rings. The molecule has 0 atom stereocenters. The first-order valence-electron chi connectivity index (χ1n) is 17.1. The Morgan fingerprint density at radius 1 is 0.816 bits per heavy atom. The van der Waals surface area contributed by atoms with E-state index in [2.05, 4.69) is 124 Å². The van der Waals surface area contributed by atoms with Gasteiger partial charge < -0.3 is 9.97 Å². The van der Waals surface area contributed by atoms with Crippen LogP contribution in [0, 0.1) is 12.1 Å². The maximum Gasteiger partial charge on any atom is 0.0795 e. The molecule has 7 aromatic rings. The number of nitrogens with zero attached hydrogens (tertiary/aromatic N) is 2. The van der Waals surface area contributed by atoms with Crippen LogP contribution in [0.5, 0.6) is 0 Å². The number of fused-ring (bicyclic) bond motifs is 3. The van der Waals surface area contributed by atoms with E-state index in [0.717, 1.165) is 28.1 Å². The molecule has 0 N–H and O–H groups in total. The van der Waals surface area contributed by atoms with Crippen LogP contribution < -0.4 is 5.19 Å². The van der Waals surface area contributed by atoms with Crippen LogP contribution in [0.1, 0.15) is 53.0 Å². The summed E-state index contributed by atoms with van der Waals surface area (Å²) in [5.74, 6) is -0.678. The van der Waals surface area contributed by atoms with Gasteiger partial charge in [0.1, 0.15) is 0 Å². The van der Waals surface area contributed by atoms with Gasteiger partial charge in [0, 0.05) is 38.6 Å². The molecule has 0 unspecified atom stereocenters. The van der Waals surface area contributed by atoms with Crippen molar-refractivity contribution in [3.8, 4) is 33.6 Å². The van der Waals surface area contributed by atoms with Crippen LogP contribution in [-0.2, 0) is 25.5 Å². The van der Waals surface area contributed by atoms with Gasteiger partial charge >= 0.3 is 0 Å². The standard InChI is InChI=1S/C30H28NS.C14H16NSi.Ir/c1-19(2)21-15-16-31-26(17-21)24-14-13-23(20-9-7-6-8-10-20)28-25-12-11-22(30(3,4)5)18-27(25)32-29(24)28;1-16(2,3)13-9-10-14(15-11-13)12-7-5-4-6-8-12;/h6-13,15-19H,1-5H3;4-7,9-11H,1-3H3;/q2*-1;/i19D;;. The Labute approximate surface area is 312 Å². The quantitative estimate of drug-likeness (QED) is 0.127. The van der Waals surface area contributed by atoms with Crippen molar-refractivity contribution in [3.63, 3.8) is 0 Å². The van der Waals surface area contributed by atoms with E-state index < -0.39 is 14.0 Å². The molecule has 0 spiro atoms. The second-order valence-electron chi connectivity index (χ2n) is 14.6. The summed E-state index contributed by atoms with van der Waals surface area (Å²) in [7, 11) is -1.23. The molecule has 1 radical (unpaired) electrons. The third-order valence-electron chi connectivity index (χ3n) is 8.71. The van der Waals surface area contributed by atoms with E-state index in [4.69, 9.17) is 6.35 Å². The number of pyridine rings is 2. The van der Waals surface area contributed by atoms with E-state index in [1.165, 1.54) is 42.0 Å². The number of aromatic nitrogens is 2. The summed E-state index contributed by atoms with van der Waals surface area (Å²) < 4.78 is 11.0. The van der Waals surface area contributed by atoms with E-state index in [0.29, 0.717) is 0 Å². The van der Waals surface area contributed by atoms with Crippen LogP contribution in [-0.4, -0.2) is 18.0 Å². The summed E-state index contributed by atoms with van der Waals surface area (Å²) in [6.45, 7) is 17.6. The molecular weight excluding hydrogens is 809 g/mol. The minimum atomic E-state index is -1.23. The second-order valence-corrected chi connectivity index (χ2v) is 20.7. The summed E-state index contributed by atoms with van der Waals surface area (Å²) in [6.07, 6.45) is 3.83. The van der Waals surface area contributed by atoms with Crippen LogP contribution in [0.3, 0.4) is 0 Å². The summed E-state index contributed by atoms with van der Waals surface area (Å²) in [6, 6.07) is 42.5. The van der Waals surface area contributed by atoms with Gasteiger partial charge in [0.05, 0.1) is 8.07 Å². The zero-order valence-corrected chi connectivity index (χ0v) is 33.8. The van der Waals surface area contributed by atoms with Crippen molar-refractivity contribution in [2.75, 3.05) is 0 Å². The molecular formula is C44H44IrN2SSi-2. The average molecular weight is 854 g/mol. The van der Waals surface area contributed by atoms with Gasteiger partial charge in [-0.05, 0) is 55.7 Å². The molecule has 49 heavy (non-hydrogen) atoms. The van der Waals surface area contributed by atoms with Gasteiger partial charge in [-0.2, -0.15) is 11.3 Å². The molecule has 3 aromatic heterocycles. The monoisotopic (exact) mass is 854 g/mol. The molecule has 0 saturated carbocycles. The molecule has 0 aliphatic carbocycles. The molecule has 4 aromatic carbocycles. The summed E-state index contributed by atoms with van der Waals surface area (Å²) in [5.41, 5.74) is 8.72. The van der Waals surface area contributed by atoms with Crippen LogP contribution in [0.2, 0.25) is 19.6 Å². The van der Waals surface area contributed by atoms with E-state index in [1.807, 2.05) is 74.0 Å². The van der Waals surface area contributed by atoms with Gasteiger partial charge in [0.2, 0.25) is 0 Å². The van der Waals surface area contributed by atoms with Crippen molar-refractivity contribution in [2.45, 2.75) is 65.6 Å². The number of hydrogen-bond donors (Lipinski definition) is 0. The molecule has 0 bridgehead atoms. The minimum Gasteiger partial charge on any atom is -0.305 e. The minimum absolute atomic E-state index is 0. The first-order chi connectivity index (χ1) is 23.2. The SMILES string of the molecule is C[Si](C)(C)c1ccc(-c2[c-]cccc2)nc1.[2H]C(C)(C)c1ccnc(-c2[c-]cc(-c3ccccc3)c3c2sc2cc(C(C)(C)C)ccc23)c1.[Ir]. The predicted octanol–water partition coefficient (Wildman–Crippen LogP) is 12.1. The fraction of sp³-hybridized carbons (Fsp3) is 0.227. The zero-order valence-electron chi connectivity index (χ0n) is 30.6. The van der Waals surface area contributed by atoms with E-state index >= 15 is 0 Å². The fourth-order valence-electron chi connectivity index (χ4n) is 5.75. The fourth-order valence-corrected chi connectivity index (χ4v) is 8.06. The molecule has 0 aliphatic rings. The molecule has 5 heteroatoms. The number of rotatable bonds is 5. The molecule has 7 rings (SSSR count). The average Bonchev–Trinajstić information content (AvgIpc) is 3.47. The second kappa shape index (κ2) is 15.0. The van der Waals surface area contributed by atoms with Crippen molar-refractivity contribution in [1.82, 2.24) is 9.97 Å². The van der Waals surface area contributed by atoms with Gasteiger partial charge in [0.15, 0.2) is 0 Å². The Morgan fingerprint density at radius 3 is 2.20 bits per heavy atom. The van der Waals surface area contributed by atoms with Gasteiger partial charge in [-0.15, -0.1) is 53.6 Å². The van der Waals surface area contributed by atoms with Crippen molar-refractivity contribution >= 4 is 44.8 Å². The summed E-state index contributed by atoms with van der Waals surface area (Å²) in [4.78, 5) is 9.21. The van der Waals surface area contributed by atoms with Crippen molar-refractivity contribution in [1.29, 1.82) is 0 Å². The van der Waals surface area contributed by atoms with E-state index in [1.54, 1.807) is 0 Å². The van der Waals surface area contributed by atoms with Crippen LogP contribution in [0.4, 0.5) is 0 Å². The summed E-state index contributed by atoms with van der Waals surface area (Å²) >= 11 is 1.82. The van der Waals surface area contributed by atoms with Crippen LogP contribution in [0.15, 0.2) is 116 Å². The van der Waals surface area contributed by atoms with Gasteiger partial charge in [0.25, 0.3) is 0 Å². The number of thiophene rings is 1.